The van der Waals surface area contributed by atoms with Crippen molar-refractivity contribution < 1.29 is 9.32 Å². The molecule has 0 aromatic heterocycles. The zero-order valence-corrected chi connectivity index (χ0v) is 7.52. The summed E-state index contributed by atoms with van der Waals surface area (Å²) < 4.78 is 12.6. The summed E-state index contributed by atoms with van der Waals surface area (Å²) in [6.45, 7) is 4.46. The molecule has 0 spiro atoms. The van der Waals surface area contributed by atoms with Crippen molar-refractivity contribution in [3.05, 3.63) is 0 Å². The molecule has 1 atom stereocenters. The molecule has 0 aliphatic heterocycles. The molecular weight excluding hydrogens is 150 g/mol. The van der Waals surface area contributed by atoms with Crippen molar-refractivity contribution in [3.8, 4) is 0 Å². The maximum atomic E-state index is 10.9. The standard InChI is InChI=1S/C6H15NO2S/c1-6(2)7(4-5-8)10(3)9/h6,8H,4-5H2,1-3H3. The third-order valence-corrected chi connectivity index (χ3v) is 2.49. The van der Waals surface area contributed by atoms with Gasteiger partial charge in [0.25, 0.3) is 0 Å². The topological polar surface area (TPSA) is 40.5 Å². The van der Waals surface area contributed by atoms with Crippen LogP contribution in [0.2, 0.25) is 0 Å². The van der Waals surface area contributed by atoms with Crippen molar-refractivity contribution in [2.24, 2.45) is 0 Å². The van der Waals surface area contributed by atoms with Crippen LogP contribution in [0.3, 0.4) is 0 Å². The lowest BCUT2D eigenvalue weighted by molar-refractivity contribution is 0.243. The molecule has 3 nitrogen and oxygen atoms in total. The first kappa shape index (κ1) is 10.1. The lowest BCUT2D eigenvalue weighted by atomic mass is 10.4. The lowest BCUT2D eigenvalue weighted by Crippen LogP contribution is -2.34. The first-order valence-electron chi connectivity index (χ1n) is 3.30. The molecule has 0 aromatic rings. The Labute approximate surface area is 64.6 Å². The van der Waals surface area contributed by atoms with Gasteiger partial charge >= 0.3 is 0 Å². The van der Waals surface area contributed by atoms with E-state index in [9.17, 15) is 4.21 Å². The molecule has 0 aliphatic carbocycles. The molecule has 0 heterocycles. The van der Waals surface area contributed by atoms with Crippen molar-refractivity contribution in [2.75, 3.05) is 19.4 Å². The molecule has 1 N–H and O–H groups in total. The number of hydrogen-bond acceptors (Lipinski definition) is 2. The van der Waals surface area contributed by atoms with Crippen LogP contribution < -0.4 is 0 Å². The Balaban J connectivity index is 3.85. The number of aliphatic hydroxyl groups excluding tert-OH is 1. The van der Waals surface area contributed by atoms with Crippen LogP contribution in [0.25, 0.3) is 0 Å². The first-order valence-corrected chi connectivity index (χ1v) is 4.82. The van der Waals surface area contributed by atoms with E-state index in [-0.39, 0.29) is 12.6 Å². The van der Waals surface area contributed by atoms with Gasteiger partial charge in [-0.2, -0.15) is 0 Å². The normalized spacial score (nSPS) is 14.6. The zero-order valence-electron chi connectivity index (χ0n) is 6.70. The molecule has 4 heteroatoms. The second kappa shape index (κ2) is 4.82. The van der Waals surface area contributed by atoms with Crippen LogP contribution in [0.5, 0.6) is 0 Å². The Morgan fingerprint density at radius 1 is 1.60 bits per heavy atom. The van der Waals surface area contributed by atoms with E-state index in [0.29, 0.717) is 6.54 Å². The van der Waals surface area contributed by atoms with Gasteiger partial charge in [-0.15, -0.1) is 0 Å². The van der Waals surface area contributed by atoms with Gasteiger partial charge in [-0.3, -0.25) is 0 Å². The highest BCUT2D eigenvalue weighted by molar-refractivity contribution is 7.81. The minimum absolute atomic E-state index is 0.0672. The summed E-state index contributed by atoms with van der Waals surface area (Å²) in [7, 11) is -0.960. The van der Waals surface area contributed by atoms with Gasteiger partial charge < -0.3 is 5.11 Å². The Morgan fingerprint density at radius 2 is 2.10 bits per heavy atom. The molecule has 0 saturated heterocycles. The van der Waals surface area contributed by atoms with Crippen LogP contribution in [-0.2, 0) is 11.0 Å². The number of hydrogen-bond donors (Lipinski definition) is 1. The van der Waals surface area contributed by atoms with Crippen LogP contribution in [-0.4, -0.2) is 39.1 Å². The monoisotopic (exact) mass is 165 g/mol. The average molecular weight is 165 g/mol. The molecule has 0 aliphatic rings. The van der Waals surface area contributed by atoms with Gasteiger partial charge in [0.15, 0.2) is 0 Å². The number of aliphatic hydroxyl groups is 1. The molecule has 0 radical (unpaired) electrons. The van der Waals surface area contributed by atoms with E-state index >= 15 is 0 Å². The van der Waals surface area contributed by atoms with Gasteiger partial charge in [0.2, 0.25) is 0 Å². The summed E-state index contributed by atoms with van der Waals surface area (Å²) in [6.07, 6.45) is 1.62. The molecule has 0 aromatic carbocycles. The third kappa shape index (κ3) is 3.29. The van der Waals surface area contributed by atoms with Crippen LogP contribution in [0.15, 0.2) is 0 Å². The molecule has 0 bridgehead atoms. The van der Waals surface area contributed by atoms with Crippen molar-refractivity contribution in [2.45, 2.75) is 19.9 Å². The molecule has 1 unspecified atom stereocenters. The highest BCUT2D eigenvalue weighted by Gasteiger charge is 2.10. The third-order valence-electron chi connectivity index (χ3n) is 1.23. The largest absolute Gasteiger partial charge is 0.395 e. The van der Waals surface area contributed by atoms with Crippen molar-refractivity contribution >= 4 is 11.0 Å². The fraction of sp³-hybridized carbons (Fsp3) is 1.00. The van der Waals surface area contributed by atoms with Crippen LogP contribution >= 0.6 is 0 Å². The molecule has 0 fully saturated rings. The fourth-order valence-corrected chi connectivity index (χ4v) is 1.71. The lowest BCUT2D eigenvalue weighted by Gasteiger charge is -2.21. The van der Waals surface area contributed by atoms with Crippen molar-refractivity contribution in [1.29, 1.82) is 0 Å². The molecule has 0 rings (SSSR count). The van der Waals surface area contributed by atoms with Crippen molar-refractivity contribution in [1.82, 2.24) is 4.31 Å². The van der Waals surface area contributed by atoms with Crippen LogP contribution in [0, 0.1) is 0 Å². The molecule has 0 saturated carbocycles. The quantitative estimate of drug-likeness (QED) is 0.636. The number of rotatable bonds is 4. The maximum absolute atomic E-state index is 10.9. The van der Waals surface area contributed by atoms with Gasteiger partial charge in [-0.05, 0) is 13.8 Å². The predicted octanol–water partition coefficient (Wildman–Crippen LogP) is -0.0174. The van der Waals surface area contributed by atoms with E-state index in [1.165, 1.54) is 0 Å². The molecule has 10 heavy (non-hydrogen) atoms. The molecular formula is C6H15NO2S. The summed E-state index contributed by atoms with van der Waals surface area (Å²) in [6, 6.07) is 0.234. The van der Waals surface area contributed by atoms with Gasteiger partial charge in [0.05, 0.1) is 17.6 Å². The fourth-order valence-electron chi connectivity index (χ4n) is 0.782. The highest BCUT2D eigenvalue weighted by atomic mass is 32.2. The SMILES string of the molecule is CC(C)N(CCO)S(C)=O. The van der Waals surface area contributed by atoms with E-state index in [1.807, 2.05) is 13.8 Å². The first-order chi connectivity index (χ1) is 4.59. The van der Waals surface area contributed by atoms with Gasteiger partial charge in [0, 0.05) is 18.8 Å². The van der Waals surface area contributed by atoms with Crippen LogP contribution in [0.4, 0.5) is 0 Å². The molecule has 62 valence electrons. The average Bonchev–Trinajstić information content (AvgIpc) is 1.81. The summed E-state index contributed by atoms with van der Waals surface area (Å²) in [4.78, 5) is 0. The van der Waals surface area contributed by atoms with E-state index in [2.05, 4.69) is 0 Å². The van der Waals surface area contributed by atoms with E-state index in [0.717, 1.165) is 0 Å². The van der Waals surface area contributed by atoms with Gasteiger partial charge in [-0.1, -0.05) is 0 Å². The van der Waals surface area contributed by atoms with E-state index < -0.39 is 11.0 Å². The Bertz CT molecular complexity index is 116. The smallest absolute Gasteiger partial charge is 0.0913 e. The van der Waals surface area contributed by atoms with Crippen LogP contribution in [0.1, 0.15) is 13.8 Å². The Hall–Kier alpha value is 0.0700. The summed E-state index contributed by atoms with van der Waals surface area (Å²) >= 11 is 0. The van der Waals surface area contributed by atoms with Gasteiger partial charge in [-0.25, -0.2) is 8.51 Å². The van der Waals surface area contributed by atoms with Crippen molar-refractivity contribution in [3.63, 3.8) is 0 Å². The Kier molecular flexibility index (Phi) is 4.85. The van der Waals surface area contributed by atoms with Gasteiger partial charge in [0.1, 0.15) is 0 Å². The zero-order chi connectivity index (χ0) is 8.15. The summed E-state index contributed by atoms with van der Waals surface area (Å²) in [5.74, 6) is 0. The Morgan fingerprint density at radius 3 is 2.20 bits per heavy atom. The van der Waals surface area contributed by atoms with E-state index in [4.69, 9.17) is 5.11 Å². The summed E-state index contributed by atoms with van der Waals surface area (Å²) in [5.41, 5.74) is 0. The second-order valence-corrected chi connectivity index (χ2v) is 3.70. The molecule has 0 amide bonds. The minimum Gasteiger partial charge on any atom is -0.395 e. The maximum Gasteiger partial charge on any atom is 0.0913 e. The highest BCUT2D eigenvalue weighted by Crippen LogP contribution is 1.98. The predicted molar refractivity (Wildman–Crippen MR) is 43.0 cm³/mol. The summed E-state index contributed by atoms with van der Waals surface area (Å²) in [5, 5.41) is 8.56. The van der Waals surface area contributed by atoms with E-state index in [1.54, 1.807) is 10.6 Å². The second-order valence-electron chi connectivity index (χ2n) is 2.38. The minimum atomic E-state index is -0.960. The number of nitrogens with zero attached hydrogens (tertiary/aromatic N) is 1.